The standard InChI is InChI=1S/C9H15F2NO/c10-8(11)9(13)12-6-4-2-1-3-5-7-12/h8H,1-7H2. The van der Waals surface area contributed by atoms with Crippen LogP contribution in [-0.2, 0) is 4.79 Å². The quantitative estimate of drug-likeness (QED) is 0.621. The predicted octanol–water partition coefficient (Wildman–Crippen LogP) is 2.04. The molecule has 1 amide bonds. The van der Waals surface area contributed by atoms with Gasteiger partial charge in [0.15, 0.2) is 0 Å². The van der Waals surface area contributed by atoms with E-state index >= 15 is 0 Å². The minimum atomic E-state index is -2.83. The molecular weight excluding hydrogens is 176 g/mol. The maximum atomic E-state index is 12.1. The summed E-state index contributed by atoms with van der Waals surface area (Å²) in [5, 5.41) is 0. The largest absolute Gasteiger partial charge is 0.338 e. The molecule has 1 rings (SSSR count). The fourth-order valence-electron chi connectivity index (χ4n) is 1.61. The summed E-state index contributed by atoms with van der Waals surface area (Å²) in [4.78, 5) is 12.2. The van der Waals surface area contributed by atoms with Crippen molar-refractivity contribution in [2.75, 3.05) is 13.1 Å². The van der Waals surface area contributed by atoms with Gasteiger partial charge in [0.05, 0.1) is 0 Å². The Hall–Kier alpha value is -0.670. The normalized spacial score (nSPS) is 19.8. The molecule has 1 saturated heterocycles. The van der Waals surface area contributed by atoms with Crippen molar-refractivity contribution in [3.8, 4) is 0 Å². The molecule has 0 spiro atoms. The Morgan fingerprint density at radius 3 is 1.92 bits per heavy atom. The van der Waals surface area contributed by atoms with Gasteiger partial charge in [0.25, 0.3) is 5.91 Å². The summed E-state index contributed by atoms with van der Waals surface area (Å²) in [5.41, 5.74) is 0. The molecule has 0 aromatic rings. The fourth-order valence-corrected chi connectivity index (χ4v) is 1.61. The number of nitrogens with zero attached hydrogens (tertiary/aromatic N) is 1. The molecule has 1 heterocycles. The highest BCUT2D eigenvalue weighted by Gasteiger charge is 2.22. The Balaban J connectivity index is 2.41. The zero-order chi connectivity index (χ0) is 9.68. The summed E-state index contributed by atoms with van der Waals surface area (Å²) in [6.07, 6.45) is 2.15. The first-order valence-corrected chi connectivity index (χ1v) is 4.79. The van der Waals surface area contributed by atoms with Gasteiger partial charge < -0.3 is 4.90 Å². The third-order valence-corrected chi connectivity index (χ3v) is 2.35. The molecule has 76 valence electrons. The number of halogens is 2. The highest BCUT2D eigenvalue weighted by atomic mass is 19.3. The summed E-state index contributed by atoms with van der Waals surface area (Å²) in [7, 11) is 0. The van der Waals surface area contributed by atoms with Crippen LogP contribution in [0, 0.1) is 0 Å². The van der Waals surface area contributed by atoms with Gasteiger partial charge in [-0.25, -0.2) is 0 Å². The summed E-state index contributed by atoms with van der Waals surface area (Å²) in [6.45, 7) is 1.01. The summed E-state index contributed by atoms with van der Waals surface area (Å²) in [6, 6.07) is 0. The highest BCUT2D eigenvalue weighted by Crippen LogP contribution is 2.12. The number of rotatable bonds is 1. The molecule has 0 bridgehead atoms. The van der Waals surface area contributed by atoms with Crippen LogP contribution >= 0.6 is 0 Å². The average molecular weight is 191 g/mol. The van der Waals surface area contributed by atoms with E-state index in [2.05, 4.69) is 0 Å². The van der Waals surface area contributed by atoms with Gasteiger partial charge in [0, 0.05) is 13.1 Å². The molecular formula is C9H15F2NO. The van der Waals surface area contributed by atoms with Crippen LogP contribution in [0.5, 0.6) is 0 Å². The molecule has 0 atom stereocenters. The third-order valence-electron chi connectivity index (χ3n) is 2.35. The molecule has 0 unspecified atom stereocenters. The zero-order valence-electron chi connectivity index (χ0n) is 7.64. The second kappa shape index (κ2) is 5.14. The maximum absolute atomic E-state index is 12.1. The minimum absolute atomic E-state index is 0.503. The molecule has 13 heavy (non-hydrogen) atoms. The lowest BCUT2D eigenvalue weighted by molar-refractivity contribution is -0.143. The Labute approximate surface area is 76.9 Å². The second-order valence-corrected chi connectivity index (χ2v) is 3.39. The van der Waals surface area contributed by atoms with Gasteiger partial charge in [-0.3, -0.25) is 4.79 Å². The topological polar surface area (TPSA) is 20.3 Å². The summed E-state index contributed by atoms with van der Waals surface area (Å²) in [5.74, 6) is -0.998. The van der Waals surface area contributed by atoms with Gasteiger partial charge >= 0.3 is 6.43 Å². The Morgan fingerprint density at radius 1 is 1.00 bits per heavy atom. The minimum Gasteiger partial charge on any atom is -0.338 e. The van der Waals surface area contributed by atoms with E-state index in [0.29, 0.717) is 13.1 Å². The average Bonchev–Trinajstić information content (AvgIpc) is 2.02. The molecule has 0 aliphatic carbocycles. The van der Waals surface area contributed by atoms with Crippen molar-refractivity contribution in [3.05, 3.63) is 0 Å². The van der Waals surface area contributed by atoms with Crippen LogP contribution in [0.25, 0.3) is 0 Å². The van der Waals surface area contributed by atoms with E-state index in [1.807, 2.05) is 0 Å². The fraction of sp³-hybridized carbons (Fsp3) is 0.889. The molecule has 0 radical (unpaired) electrons. The molecule has 0 aromatic carbocycles. The van der Waals surface area contributed by atoms with Gasteiger partial charge in [-0.15, -0.1) is 0 Å². The number of carbonyl (C=O) groups is 1. The number of hydrogen-bond donors (Lipinski definition) is 0. The maximum Gasteiger partial charge on any atom is 0.315 e. The van der Waals surface area contributed by atoms with Crippen molar-refractivity contribution in [1.82, 2.24) is 4.90 Å². The molecule has 0 aromatic heterocycles. The van der Waals surface area contributed by atoms with Crippen LogP contribution in [0.2, 0.25) is 0 Å². The molecule has 1 aliphatic heterocycles. The first-order chi connectivity index (χ1) is 6.22. The lowest BCUT2D eigenvalue weighted by atomic mass is 10.1. The van der Waals surface area contributed by atoms with Crippen LogP contribution < -0.4 is 0 Å². The predicted molar refractivity (Wildman–Crippen MR) is 45.7 cm³/mol. The van der Waals surface area contributed by atoms with Gasteiger partial charge in [-0.1, -0.05) is 19.3 Å². The molecule has 0 N–H and O–H groups in total. The smallest absolute Gasteiger partial charge is 0.315 e. The van der Waals surface area contributed by atoms with E-state index in [0.717, 1.165) is 32.1 Å². The van der Waals surface area contributed by atoms with Crippen molar-refractivity contribution in [1.29, 1.82) is 0 Å². The number of likely N-dealkylation sites (tertiary alicyclic amines) is 1. The monoisotopic (exact) mass is 191 g/mol. The van der Waals surface area contributed by atoms with Crippen molar-refractivity contribution in [2.45, 2.75) is 38.5 Å². The molecule has 2 nitrogen and oxygen atoms in total. The highest BCUT2D eigenvalue weighted by molar-refractivity contribution is 5.79. The van der Waals surface area contributed by atoms with Crippen LogP contribution in [-0.4, -0.2) is 30.3 Å². The van der Waals surface area contributed by atoms with Gasteiger partial charge in [-0.05, 0) is 12.8 Å². The van der Waals surface area contributed by atoms with Crippen LogP contribution in [0.4, 0.5) is 8.78 Å². The van der Waals surface area contributed by atoms with Gasteiger partial charge in [0.2, 0.25) is 0 Å². The Bertz CT molecular complexity index is 165. The number of alkyl halides is 2. The van der Waals surface area contributed by atoms with Crippen LogP contribution in [0.1, 0.15) is 32.1 Å². The first kappa shape index (κ1) is 10.4. The Morgan fingerprint density at radius 2 is 1.46 bits per heavy atom. The van der Waals surface area contributed by atoms with E-state index in [1.165, 1.54) is 4.90 Å². The van der Waals surface area contributed by atoms with E-state index in [4.69, 9.17) is 0 Å². The number of hydrogen-bond acceptors (Lipinski definition) is 1. The molecule has 0 saturated carbocycles. The molecule has 1 fully saturated rings. The SMILES string of the molecule is O=C(C(F)F)N1CCCCCCC1. The van der Waals surface area contributed by atoms with Gasteiger partial charge in [0.1, 0.15) is 0 Å². The first-order valence-electron chi connectivity index (χ1n) is 4.79. The van der Waals surface area contributed by atoms with E-state index < -0.39 is 12.3 Å². The zero-order valence-corrected chi connectivity index (χ0v) is 7.64. The van der Waals surface area contributed by atoms with Crippen molar-refractivity contribution < 1.29 is 13.6 Å². The molecule has 1 aliphatic rings. The third kappa shape index (κ3) is 3.28. The lowest BCUT2D eigenvalue weighted by Crippen LogP contribution is -2.37. The van der Waals surface area contributed by atoms with Crippen molar-refractivity contribution >= 4 is 5.91 Å². The van der Waals surface area contributed by atoms with E-state index in [9.17, 15) is 13.6 Å². The van der Waals surface area contributed by atoms with Crippen LogP contribution in [0.15, 0.2) is 0 Å². The van der Waals surface area contributed by atoms with E-state index in [1.54, 1.807) is 0 Å². The second-order valence-electron chi connectivity index (χ2n) is 3.39. The van der Waals surface area contributed by atoms with Crippen molar-refractivity contribution in [3.63, 3.8) is 0 Å². The number of carbonyl (C=O) groups excluding carboxylic acids is 1. The lowest BCUT2D eigenvalue weighted by Gasteiger charge is -2.24. The van der Waals surface area contributed by atoms with E-state index in [-0.39, 0.29) is 0 Å². The number of amides is 1. The van der Waals surface area contributed by atoms with Crippen molar-refractivity contribution in [2.24, 2.45) is 0 Å². The summed E-state index contributed by atoms with van der Waals surface area (Å²) < 4.78 is 24.1. The molecule has 4 heteroatoms. The van der Waals surface area contributed by atoms with Crippen LogP contribution in [0.3, 0.4) is 0 Å². The Kier molecular flexibility index (Phi) is 4.12. The van der Waals surface area contributed by atoms with Gasteiger partial charge in [-0.2, -0.15) is 8.78 Å². The summed E-state index contributed by atoms with van der Waals surface area (Å²) >= 11 is 0.